The first-order valence-corrected chi connectivity index (χ1v) is 5.71. The maximum Gasteiger partial charge on any atom is 0.220 e. The highest BCUT2D eigenvalue weighted by molar-refractivity contribution is 5.85. The molecule has 94 valence electrons. The van der Waals surface area contributed by atoms with Gasteiger partial charge in [0.15, 0.2) is 0 Å². The molecule has 0 spiro atoms. The van der Waals surface area contributed by atoms with E-state index in [0.29, 0.717) is 11.3 Å². The Kier molecular flexibility index (Phi) is 2.52. The molecule has 3 rings (SSSR count). The molecule has 0 radical (unpaired) electrons. The highest BCUT2D eigenvalue weighted by atomic mass is 19.1. The lowest BCUT2D eigenvalue weighted by Crippen LogP contribution is -1.94. The lowest BCUT2D eigenvalue weighted by molar-refractivity contribution is 0.631. The third kappa shape index (κ3) is 2.06. The summed E-state index contributed by atoms with van der Waals surface area (Å²) in [5.74, 6) is -0.0969. The SMILES string of the molecule is Nc1ccc(F)c(-c2ccc3nc(N)ncc3c2)c1. The zero-order valence-electron chi connectivity index (χ0n) is 9.97. The van der Waals surface area contributed by atoms with E-state index < -0.39 is 0 Å². The van der Waals surface area contributed by atoms with Gasteiger partial charge in [0.25, 0.3) is 0 Å². The van der Waals surface area contributed by atoms with Gasteiger partial charge in [-0.25, -0.2) is 14.4 Å². The Labute approximate surface area is 108 Å². The summed E-state index contributed by atoms with van der Waals surface area (Å²) in [5, 5.41) is 0.800. The molecule has 0 amide bonds. The third-order valence-electron chi connectivity index (χ3n) is 2.90. The maximum absolute atomic E-state index is 13.8. The van der Waals surface area contributed by atoms with Crippen molar-refractivity contribution < 1.29 is 4.39 Å². The fraction of sp³-hybridized carbons (Fsp3) is 0. The minimum atomic E-state index is -0.315. The molecule has 0 unspecified atom stereocenters. The van der Waals surface area contributed by atoms with Crippen molar-refractivity contribution in [2.75, 3.05) is 11.5 Å². The number of nitrogens with zero attached hydrogens (tertiary/aromatic N) is 2. The molecule has 0 saturated carbocycles. The van der Waals surface area contributed by atoms with E-state index in [9.17, 15) is 4.39 Å². The number of halogens is 1. The first-order valence-electron chi connectivity index (χ1n) is 5.71. The molecule has 5 heteroatoms. The smallest absolute Gasteiger partial charge is 0.220 e. The van der Waals surface area contributed by atoms with Crippen LogP contribution in [0.4, 0.5) is 16.0 Å². The minimum absolute atomic E-state index is 0.218. The normalized spacial score (nSPS) is 10.8. The highest BCUT2D eigenvalue weighted by Crippen LogP contribution is 2.27. The van der Waals surface area contributed by atoms with Gasteiger partial charge in [-0.05, 0) is 35.9 Å². The van der Waals surface area contributed by atoms with E-state index in [0.717, 1.165) is 16.5 Å². The Balaban J connectivity index is 2.20. The number of fused-ring (bicyclic) bond motifs is 1. The maximum atomic E-state index is 13.8. The lowest BCUT2D eigenvalue weighted by Gasteiger charge is -2.06. The average Bonchev–Trinajstić information content (AvgIpc) is 2.41. The molecule has 0 saturated heterocycles. The van der Waals surface area contributed by atoms with E-state index in [4.69, 9.17) is 11.5 Å². The van der Waals surface area contributed by atoms with Crippen LogP contribution in [0.2, 0.25) is 0 Å². The Hall–Kier alpha value is -2.69. The monoisotopic (exact) mass is 254 g/mol. The number of benzene rings is 2. The van der Waals surface area contributed by atoms with Gasteiger partial charge in [0, 0.05) is 22.8 Å². The molecule has 3 aromatic rings. The molecule has 2 aromatic carbocycles. The fourth-order valence-electron chi connectivity index (χ4n) is 1.98. The summed E-state index contributed by atoms with van der Waals surface area (Å²) in [4.78, 5) is 8.03. The third-order valence-corrected chi connectivity index (χ3v) is 2.90. The zero-order valence-corrected chi connectivity index (χ0v) is 9.97. The minimum Gasteiger partial charge on any atom is -0.399 e. The van der Waals surface area contributed by atoms with Gasteiger partial charge in [-0.15, -0.1) is 0 Å². The van der Waals surface area contributed by atoms with E-state index in [2.05, 4.69) is 9.97 Å². The van der Waals surface area contributed by atoms with Gasteiger partial charge in [-0.3, -0.25) is 0 Å². The second kappa shape index (κ2) is 4.20. The molecule has 1 heterocycles. The molecule has 19 heavy (non-hydrogen) atoms. The molecule has 0 aliphatic rings. The van der Waals surface area contributed by atoms with Gasteiger partial charge in [0.2, 0.25) is 5.95 Å². The second-order valence-electron chi connectivity index (χ2n) is 4.24. The summed E-state index contributed by atoms with van der Waals surface area (Å²) in [6.45, 7) is 0. The van der Waals surface area contributed by atoms with Crippen molar-refractivity contribution in [1.29, 1.82) is 0 Å². The molecular weight excluding hydrogens is 243 g/mol. The summed E-state index contributed by atoms with van der Waals surface area (Å²) in [6.07, 6.45) is 1.62. The van der Waals surface area contributed by atoms with Gasteiger partial charge < -0.3 is 11.5 Å². The Morgan fingerprint density at radius 3 is 2.68 bits per heavy atom. The number of rotatable bonds is 1. The van der Waals surface area contributed by atoms with E-state index in [1.807, 2.05) is 6.07 Å². The Bertz CT molecular complexity index is 770. The van der Waals surface area contributed by atoms with Gasteiger partial charge >= 0.3 is 0 Å². The number of hydrogen-bond donors (Lipinski definition) is 2. The van der Waals surface area contributed by atoms with Crippen molar-refractivity contribution in [1.82, 2.24) is 9.97 Å². The first kappa shape index (κ1) is 11.4. The average molecular weight is 254 g/mol. The Morgan fingerprint density at radius 2 is 1.84 bits per heavy atom. The highest BCUT2D eigenvalue weighted by Gasteiger charge is 2.07. The van der Waals surface area contributed by atoms with E-state index >= 15 is 0 Å². The number of hydrogen-bond acceptors (Lipinski definition) is 4. The lowest BCUT2D eigenvalue weighted by atomic mass is 10.0. The second-order valence-corrected chi connectivity index (χ2v) is 4.24. The zero-order chi connectivity index (χ0) is 13.4. The van der Waals surface area contributed by atoms with Gasteiger partial charge in [0.1, 0.15) is 5.82 Å². The summed E-state index contributed by atoms with van der Waals surface area (Å²) in [7, 11) is 0. The quantitative estimate of drug-likeness (QED) is 0.654. The van der Waals surface area contributed by atoms with Crippen LogP contribution in [-0.4, -0.2) is 9.97 Å². The molecule has 0 aliphatic heterocycles. The molecule has 4 N–H and O–H groups in total. The Morgan fingerprint density at radius 1 is 1.00 bits per heavy atom. The van der Waals surface area contributed by atoms with Crippen LogP contribution in [0.1, 0.15) is 0 Å². The largest absolute Gasteiger partial charge is 0.399 e. The van der Waals surface area contributed by atoms with Crippen LogP contribution >= 0.6 is 0 Å². The standard InChI is InChI=1S/C14H11FN4/c15-12-3-2-10(16)6-11(12)8-1-4-13-9(5-8)7-18-14(17)19-13/h1-7H,16H2,(H2,17,18,19). The van der Waals surface area contributed by atoms with E-state index in [1.54, 1.807) is 24.4 Å². The summed E-state index contributed by atoms with van der Waals surface area (Å²) in [5.41, 5.74) is 13.6. The van der Waals surface area contributed by atoms with Crippen molar-refractivity contribution in [2.45, 2.75) is 0 Å². The van der Waals surface area contributed by atoms with Crippen LogP contribution in [-0.2, 0) is 0 Å². The van der Waals surface area contributed by atoms with Crippen LogP contribution in [0.3, 0.4) is 0 Å². The molecule has 4 nitrogen and oxygen atoms in total. The molecule has 1 aromatic heterocycles. The topological polar surface area (TPSA) is 77.8 Å². The summed E-state index contributed by atoms with van der Waals surface area (Å²) >= 11 is 0. The van der Waals surface area contributed by atoms with Gasteiger partial charge in [-0.2, -0.15) is 0 Å². The van der Waals surface area contributed by atoms with E-state index in [1.165, 1.54) is 12.1 Å². The number of anilines is 2. The van der Waals surface area contributed by atoms with Crippen molar-refractivity contribution in [2.24, 2.45) is 0 Å². The summed E-state index contributed by atoms with van der Waals surface area (Å²) in [6, 6.07) is 9.87. The number of aromatic nitrogens is 2. The molecule has 0 fully saturated rings. The fourth-order valence-corrected chi connectivity index (χ4v) is 1.98. The van der Waals surface area contributed by atoms with Crippen LogP contribution < -0.4 is 11.5 Å². The predicted molar refractivity (Wildman–Crippen MR) is 73.8 cm³/mol. The van der Waals surface area contributed by atoms with Crippen molar-refractivity contribution in [3.05, 3.63) is 48.4 Å². The number of nitrogen functional groups attached to an aromatic ring is 2. The first-order chi connectivity index (χ1) is 9.13. The predicted octanol–water partition coefficient (Wildman–Crippen LogP) is 2.60. The van der Waals surface area contributed by atoms with Crippen LogP contribution in [0.15, 0.2) is 42.6 Å². The molecular formula is C14H11FN4. The van der Waals surface area contributed by atoms with Crippen molar-refractivity contribution in [3.63, 3.8) is 0 Å². The van der Waals surface area contributed by atoms with Crippen LogP contribution in [0, 0.1) is 5.82 Å². The van der Waals surface area contributed by atoms with Gasteiger partial charge in [-0.1, -0.05) is 6.07 Å². The summed E-state index contributed by atoms with van der Waals surface area (Å²) < 4.78 is 13.8. The van der Waals surface area contributed by atoms with Crippen molar-refractivity contribution in [3.8, 4) is 11.1 Å². The number of nitrogens with two attached hydrogens (primary N) is 2. The van der Waals surface area contributed by atoms with Gasteiger partial charge in [0.05, 0.1) is 5.52 Å². The molecule has 0 bridgehead atoms. The molecule has 0 atom stereocenters. The van der Waals surface area contributed by atoms with Crippen LogP contribution in [0.25, 0.3) is 22.0 Å². The van der Waals surface area contributed by atoms with E-state index in [-0.39, 0.29) is 11.8 Å². The molecule has 0 aliphatic carbocycles. The van der Waals surface area contributed by atoms with Crippen molar-refractivity contribution >= 4 is 22.5 Å². The van der Waals surface area contributed by atoms with Crippen LogP contribution in [0.5, 0.6) is 0 Å².